The third kappa shape index (κ3) is 7.10. The van der Waals surface area contributed by atoms with Gasteiger partial charge in [-0.2, -0.15) is 5.10 Å². The standard InChI is InChI=1S/C17H32N6O.HI/c1-5-18-17(21-14-6-8-15(24)9-7-14)19-11-16(22(2)3)13-10-20-23(4)12-13;/h10,12,14-16,24H,5-9,11H2,1-4H3,(H2,18,19,21);1H. The van der Waals surface area contributed by atoms with Crippen LogP contribution in [0.1, 0.15) is 44.2 Å². The van der Waals surface area contributed by atoms with E-state index in [1.165, 1.54) is 5.56 Å². The summed E-state index contributed by atoms with van der Waals surface area (Å²) < 4.78 is 1.83. The maximum Gasteiger partial charge on any atom is 0.191 e. The maximum absolute atomic E-state index is 9.64. The molecule has 1 aliphatic carbocycles. The minimum atomic E-state index is -0.133. The molecule has 7 nitrogen and oxygen atoms in total. The van der Waals surface area contributed by atoms with E-state index >= 15 is 0 Å². The minimum absolute atomic E-state index is 0. The van der Waals surface area contributed by atoms with Gasteiger partial charge < -0.3 is 20.6 Å². The summed E-state index contributed by atoms with van der Waals surface area (Å²) in [5.41, 5.74) is 1.17. The highest BCUT2D eigenvalue weighted by Crippen LogP contribution is 2.19. The number of nitrogens with zero attached hydrogens (tertiary/aromatic N) is 4. The molecule has 1 fully saturated rings. The van der Waals surface area contributed by atoms with Crippen LogP contribution in [0.4, 0.5) is 0 Å². The second-order valence-corrected chi connectivity index (χ2v) is 6.80. The van der Waals surface area contributed by atoms with Crippen LogP contribution in [0.25, 0.3) is 0 Å². The molecule has 1 saturated carbocycles. The molecule has 1 unspecified atom stereocenters. The molecule has 0 aliphatic heterocycles. The van der Waals surface area contributed by atoms with Crippen LogP contribution in [0, 0.1) is 0 Å². The molecule has 1 aromatic heterocycles. The third-order valence-corrected chi connectivity index (χ3v) is 4.54. The number of rotatable bonds is 6. The number of halogens is 1. The fourth-order valence-corrected chi connectivity index (χ4v) is 3.09. The lowest BCUT2D eigenvalue weighted by Gasteiger charge is -2.28. The zero-order valence-corrected chi connectivity index (χ0v) is 18.1. The molecule has 0 radical (unpaired) electrons. The molecule has 0 aromatic carbocycles. The smallest absolute Gasteiger partial charge is 0.191 e. The number of aliphatic imine (C=N–C) groups is 1. The first kappa shape index (κ1) is 22.2. The Morgan fingerprint density at radius 3 is 2.60 bits per heavy atom. The van der Waals surface area contributed by atoms with Crippen molar-refractivity contribution in [3.05, 3.63) is 18.0 Å². The molecule has 3 N–H and O–H groups in total. The predicted octanol–water partition coefficient (Wildman–Crippen LogP) is 1.50. The summed E-state index contributed by atoms with van der Waals surface area (Å²) in [5.74, 6) is 0.856. The van der Waals surface area contributed by atoms with E-state index in [0.29, 0.717) is 12.6 Å². The summed E-state index contributed by atoms with van der Waals surface area (Å²) in [4.78, 5) is 6.95. The molecule has 144 valence electrons. The Labute approximate surface area is 168 Å². The van der Waals surface area contributed by atoms with E-state index < -0.39 is 0 Å². The first-order chi connectivity index (χ1) is 11.5. The third-order valence-electron chi connectivity index (χ3n) is 4.54. The van der Waals surface area contributed by atoms with Crippen LogP contribution in [-0.2, 0) is 7.05 Å². The zero-order chi connectivity index (χ0) is 17.5. The lowest BCUT2D eigenvalue weighted by Crippen LogP contribution is -2.45. The molecule has 1 aliphatic rings. The highest BCUT2D eigenvalue weighted by Gasteiger charge is 2.21. The number of nitrogens with one attached hydrogen (secondary N) is 2. The van der Waals surface area contributed by atoms with Crippen molar-refractivity contribution < 1.29 is 5.11 Å². The summed E-state index contributed by atoms with van der Waals surface area (Å²) >= 11 is 0. The molecule has 1 aromatic rings. The number of hydrogen-bond acceptors (Lipinski definition) is 4. The van der Waals surface area contributed by atoms with Gasteiger partial charge in [0.05, 0.1) is 24.9 Å². The number of aliphatic hydroxyl groups excluding tert-OH is 1. The van der Waals surface area contributed by atoms with Crippen molar-refractivity contribution in [2.75, 3.05) is 27.2 Å². The van der Waals surface area contributed by atoms with Gasteiger partial charge in [-0.1, -0.05) is 0 Å². The summed E-state index contributed by atoms with van der Waals surface area (Å²) in [6, 6.07) is 0.588. The van der Waals surface area contributed by atoms with E-state index in [1.807, 2.05) is 24.1 Å². The zero-order valence-electron chi connectivity index (χ0n) is 15.8. The fourth-order valence-electron chi connectivity index (χ4n) is 3.09. The Balaban J connectivity index is 0.00000312. The molecule has 8 heteroatoms. The van der Waals surface area contributed by atoms with Crippen molar-refractivity contribution in [1.29, 1.82) is 0 Å². The van der Waals surface area contributed by atoms with Gasteiger partial charge in [0.15, 0.2) is 5.96 Å². The minimum Gasteiger partial charge on any atom is -0.393 e. The van der Waals surface area contributed by atoms with E-state index in [4.69, 9.17) is 4.99 Å². The van der Waals surface area contributed by atoms with Gasteiger partial charge in [-0.15, -0.1) is 24.0 Å². The van der Waals surface area contributed by atoms with Crippen LogP contribution >= 0.6 is 24.0 Å². The average molecular weight is 464 g/mol. The van der Waals surface area contributed by atoms with Crippen LogP contribution in [-0.4, -0.2) is 65.1 Å². The average Bonchev–Trinajstić information content (AvgIpc) is 2.95. The fraction of sp³-hybridized carbons (Fsp3) is 0.765. The normalized spacial score (nSPS) is 22.4. The van der Waals surface area contributed by atoms with Crippen LogP contribution in [0.15, 0.2) is 17.4 Å². The molecule has 0 saturated heterocycles. The van der Waals surface area contributed by atoms with Gasteiger partial charge in [-0.05, 0) is 46.7 Å². The highest BCUT2D eigenvalue weighted by molar-refractivity contribution is 14.0. The maximum atomic E-state index is 9.64. The van der Waals surface area contributed by atoms with Crippen molar-refractivity contribution in [1.82, 2.24) is 25.3 Å². The molecular weight excluding hydrogens is 431 g/mol. The van der Waals surface area contributed by atoms with Crippen LogP contribution < -0.4 is 10.6 Å². The van der Waals surface area contributed by atoms with Gasteiger partial charge in [0, 0.05) is 31.4 Å². The van der Waals surface area contributed by atoms with Gasteiger partial charge in [0.1, 0.15) is 0 Å². The molecule has 0 spiro atoms. The van der Waals surface area contributed by atoms with Gasteiger partial charge in [0.25, 0.3) is 0 Å². The SMILES string of the molecule is CCNC(=NCC(c1cnn(C)c1)N(C)C)NC1CCC(O)CC1.I. The van der Waals surface area contributed by atoms with E-state index in [-0.39, 0.29) is 36.1 Å². The highest BCUT2D eigenvalue weighted by atomic mass is 127. The van der Waals surface area contributed by atoms with Gasteiger partial charge in [0.2, 0.25) is 0 Å². The van der Waals surface area contributed by atoms with Gasteiger partial charge in [-0.3, -0.25) is 9.67 Å². The van der Waals surface area contributed by atoms with Crippen molar-refractivity contribution in [3.8, 4) is 0 Å². The Bertz CT molecular complexity index is 525. The molecule has 1 atom stereocenters. The molecule has 25 heavy (non-hydrogen) atoms. The number of aliphatic hydroxyl groups is 1. The topological polar surface area (TPSA) is 77.7 Å². The van der Waals surface area contributed by atoms with Gasteiger partial charge in [-0.25, -0.2) is 0 Å². The van der Waals surface area contributed by atoms with E-state index in [1.54, 1.807) is 0 Å². The Morgan fingerprint density at radius 2 is 2.08 bits per heavy atom. The first-order valence-electron chi connectivity index (χ1n) is 8.87. The lowest BCUT2D eigenvalue weighted by molar-refractivity contribution is 0.120. The van der Waals surface area contributed by atoms with E-state index in [0.717, 1.165) is 38.2 Å². The second kappa shape index (κ2) is 11.0. The summed E-state index contributed by atoms with van der Waals surface area (Å²) in [5, 5.41) is 20.8. The first-order valence-corrected chi connectivity index (χ1v) is 8.87. The quantitative estimate of drug-likeness (QED) is 0.338. The monoisotopic (exact) mass is 464 g/mol. The van der Waals surface area contributed by atoms with Crippen LogP contribution in [0.2, 0.25) is 0 Å². The Morgan fingerprint density at radius 1 is 1.40 bits per heavy atom. The molecule has 0 bridgehead atoms. The van der Waals surface area contributed by atoms with E-state index in [2.05, 4.69) is 41.7 Å². The van der Waals surface area contributed by atoms with Crippen molar-refractivity contribution >= 4 is 29.9 Å². The molecule has 2 rings (SSSR count). The second-order valence-electron chi connectivity index (χ2n) is 6.80. The Hall–Kier alpha value is -0.870. The molecule has 0 amide bonds. The largest absolute Gasteiger partial charge is 0.393 e. The summed E-state index contributed by atoms with van der Waals surface area (Å²) in [6.45, 7) is 3.58. The number of aromatic nitrogens is 2. The lowest BCUT2D eigenvalue weighted by atomic mass is 9.93. The summed E-state index contributed by atoms with van der Waals surface area (Å²) in [7, 11) is 6.06. The number of hydrogen-bond donors (Lipinski definition) is 3. The van der Waals surface area contributed by atoms with Crippen molar-refractivity contribution in [3.63, 3.8) is 0 Å². The van der Waals surface area contributed by atoms with Crippen LogP contribution in [0.5, 0.6) is 0 Å². The van der Waals surface area contributed by atoms with Crippen molar-refractivity contribution in [2.24, 2.45) is 12.0 Å². The number of likely N-dealkylation sites (N-methyl/N-ethyl adjacent to an activating group) is 1. The van der Waals surface area contributed by atoms with E-state index in [9.17, 15) is 5.11 Å². The van der Waals surface area contributed by atoms with Crippen LogP contribution in [0.3, 0.4) is 0 Å². The number of guanidine groups is 1. The Kier molecular flexibility index (Phi) is 9.73. The predicted molar refractivity (Wildman–Crippen MR) is 112 cm³/mol. The summed E-state index contributed by atoms with van der Waals surface area (Å²) in [6.07, 6.45) is 7.54. The van der Waals surface area contributed by atoms with Crippen molar-refractivity contribution in [2.45, 2.75) is 50.8 Å². The van der Waals surface area contributed by atoms with Gasteiger partial charge >= 0.3 is 0 Å². The number of aryl methyl sites for hydroxylation is 1. The molecular formula is C17H33IN6O. The molecule has 1 heterocycles.